The normalized spacial score (nSPS) is 17.3. The lowest BCUT2D eigenvalue weighted by atomic mass is 9.94. The van der Waals surface area contributed by atoms with E-state index in [1.807, 2.05) is 6.07 Å². The van der Waals surface area contributed by atoms with E-state index < -0.39 is 6.04 Å². The van der Waals surface area contributed by atoms with Gasteiger partial charge in [0.05, 0.1) is 0 Å². The third kappa shape index (κ3) is 3.77. The van der Waals surface area contributed by atoms with Crippen molar-refractivity contribution < 1.29 is 9.18 Å². The van der Waals surface area contributed by atoms with E-state index in [1.165, 1.54) is 11.6 Å². The topological polar surface area (TPSA) is 55.1 Å². The highest BCUT2D eigenvalue weighted by Gasteiger charge is 2.22. The van der Waals surface area contributed by atoms with Gasteiger partial charge in [-0.15, -0.1) is 0 Å². The summed E-state index contributed by atoms with van der Waals surface area (Å²) in [5.41, 5.74) is 9.84. The minimum absolute atomic E-state index is 0.206. The number of halogens is 1. The van der Waals surface area contributed by atoms with Gasteiger partial charge in [0.25, 0.3) is 0 Å². The first-order chi connectivity index (χ1) is 11.1. The summed E-state index contributed by atoms with van der Waals surface area (Å²) in [6, 6.07) is 12.5. The van der Waals surface area contributed by atoms with Gasteiger partial charge < -0.3 is 11.1 Å². The SMILES string of the molecule is NC(=O)C1NCCCc2ccc(CCc3cccc(F)c3)cc21. The van der Waals surface area contributed by atoms with Gasteiger partial charge in [0.15, 0.2) is 0 Å². The van der Waals surface area contributed by atoms with Crippen LogP contribution in [0.5, 0.6) is 0 Å². The highest BCUT2D eigenvalue weighted by molar-refractivity contribution is 5.82. The second-order valence-corrected chi connectivity index (χ2v) is 6.06. The summed E-state index contributed by atoms with van der Waals surface area (Å²) in [5.74, 6) is -0.544. The van der Waals surface area contributed by atoms with Gasteiger partial charge in [0, 0.05) is 0 Å². The van der Waals surface area contributed by atoms with E-state index in [4.69, 9.17) is 5.73 Å². The van der Waals surface area contributed by atoms with Crippen LogP contribution < -0.4 is 11.1 Å². The Balaban J connectivity index is 1.80. The van der Waals surface area contributed by atoms with Crippen molar-refractivity contribution in [3.05, 3.63) is 70.5 Å². The summed E-state index contributed by atoms with van der Waals surface area (Å²) in [4.78, 5) is 11.7. The highest BCUT2D eigenvalue weighted by Crippen LogP contribution is 2.24. The number of rotatable bonds is 4. The number of hydrogen-bond acceptors (Lipinski definition) is 2. The second-order valence-electron chi connectivity index (χ2n) is 6.06. The van der Waals surface area contributed by atoms with Gasteiger partial charge in [-0.05, 0) is 66.6 Å². The predicted molar refractivity (Wildman–Crippen MR) is 88.5 cm³/mol. The van der Waals surface area contributed by atoms with Crippen LogP contribution in [0.15, 0.2) is 42.5 Å². The third-order valence-corrected chi connectivity index (χ3v) is 4.37. The van der Waals surface area contributed by atoms with Crippen LogP contribution in [-0.4, -0.2) is 12.5 Å². The van der Waals surface area contributed by atoms with Crippen LogP contribution in [0.2, 0.25) is 0 Å². The van der Waals surface area contributed by atoms with Crippen molar-refractivity contribution in [3.63, 3.8) is 0 Å². The predicted octanol–water partition coefficient (Wildman–Crippen LogP) is 2.67. The standard InChI is InChI=1S/C19H21FN2O/c20-16-5-1-3-13(11-16)6-7-14-8-9-15-4-2-10-22-18(19(21)23)17(15)12-14/h1,3,5,8-9,11-12,18,22H,2,4,6-7,10H2,(H2,21,23). The number of amides is 1. The minimum Gasteiger partial charge on any atom is -0.368 e. The maximum absolute atomic E-state index is 13.2. The fraction of sp³-hybridized carbons (Fsp3) is 0.316. The van der Waals surface area contributed by atoms with E-state index in [2.05, 4.69) is 23.5 Å². The van der Waals surface area contributed by atoms with Crippen molar-refractivity contribution in [2.75, 3.05) is 6.54 Å². The molecule has 0 aliphatic carbocycles. The van der Waals surface area contributed by atoms with Crippen LogP contribution in [0.25, 0.3) is 0 Å². The first-order valence-corrected chi connectivity index (χ1v) is 8.02. The fourth-order valence-electron chi connectivity index (χ4n) is 3.17. The molecule has 3 nitrogen and oxygen atoms in total. The molecular weight excluding hydrogens is 291 g/mol. The Kier molecular flexibility index (Phi) is 4.72. The summed E-state index contributed by atoms with van der Waals surface area (Å²) in [5, 5.41) is 3.22. The molecule has 0 saturated heterocycles. The van der Waals surface area contributed by atoms with Crippen molar-refractivity contribution >= 4 is 5.91 Å². The molecule has 3 N–H and O–H groups in total. The van der Waals surface area contributed by atoms with E-state index in [9.17, 15) is 9.18 Å². The molecule has 1 amide bonds. The molecule has 1 atom stereocenters. The number of benzene rings is 2. The van der Waals surface area contributed by atoms with Gasteiger partial charge in [0.1, 0.15) is 11.9 Å². The lowest BCUT2D eigenvalue weighted by molar-refractivity contribution is -0.120. The summed E-state index contributed by atoms with van der Waals surface area (Å²) >= 11 is 0. The maximum atomic E-state index is 13.2. The smallest absolute Gasteiger partial charge is 0.239 e. The van der Waals surface area contributed by atoms with Gasteiger partial charge in [-0.25, -0.2) is 4.39 Å². The van der Waals surface area contributed by atoms with Crippen LogP contribution in [0.4, 0.5) is 4.39 Å². The summed E-state index contributed by atoms with van der Waals surface area (Å²) in [6.45, 7) is 0.793. The first kappa shape index (κ1) is 15.7. The minimum atomic E-state index is -0.415. The number of nitrogens with two attached hydrogens (primary N) is 1. The zero-order valence-electron chi connectivity index (χ0n) is 13.0. The zero-order chi connectivity index (χ0) is 16.2. The first-order valence-electron chi connectivity index (χ1n) is 8.02. The molecule has 2 aromatic carbocycles. The Bertz CT molecular complexity index is 714. The Morgan fingerprint density at radius 3 is 2.70 bits per heavy atom. The van der Waals surface area contributed by atoms with Crippen LogP contribution in [-0.2, 0) is 24.1 Å². The van der Waals surface area contributed by atoms with E-state index in [0.29, 0.717) is 0 Å². The van der Waals surface area contributed by atoms with Crippen molar-refractivity contribution in [1.29, 1.82) is 0 Å². The molecule has 0 fully saturated rings. The van der Waals surface area contributed by atoms with E-state index in [0.717, 1.165) is 48.9 Å². The average molecular weight is 312 g/mol. The second kappa shape index (κ2) is 6.92. The Morgan fingerprint density at radius 2 is 1.96 bits per heavy atom. The van der Waals surface area contributed by atoms with Gasteiger partial charge in [-0.1, -0.05) is 30.3 Å². The van der Waals surface area contributed by atoms with E-state index in [1.54, 1.807) is 12.1 Å². The molecule has 23 heavy (non-hydrogen) atoms. The van der Waals surface area contributed by atoms with Crippen LogP contribution in [0.1, 0.15) is 34.7 Å². The average Bonchev–Trinajstić information content (AvgIpc) is 2.75. The molecule has 0 radical (unpaired) electrons. The Labute approximate surface area is 135 Å². The number of aryl methyl sites for hydroxylation is 3. The Hall–Kier alpha value is -2.20. The van der Waals surface area contributed by atoms with E-state index >= 15 is 0 Å². The van der Waals surface area contributed by atoms with Crippen LogP contribution >= 0.6 is 0 Å². The quantitative estimate of drug-likeness (QED) is 0.912. The number of carbonyl (C=O) groups is 1. The molecule has 2 aromatic rings. The monoisotopic (exact) mass is 312 g/mol. The van der Waals surface area contributed by atoms with Crippen molar-refractivity contribution in [1.82, 2.24) is 5.32 Å². The number of fused-ring (bicyclic) bond motifs is 1. The van der Waals surface area contributed by atoms with Gasteiger partial charge in [0.2, 0.25) is 5.91 Å². The van der Waals surface area contributed by atoms with Crippen molar-refractivity contribution in [3.8, 4) is 0 Å². The number of carbonyl (C=O) groups excluding carboxylic acids is 1. The largest absolute Gasteiger partial charge is 0.368 e. The van der Waals surface area contributed by atoms with Gasteiger partial charge >= 0.3 is 0 Å². The lowest BCUT2D eigenvalue weighted by Crippen LogP contribution is -2.33. The third-order valence-electron chi connectivity index (χ3n) is 4.37. The maximum Gasteiger partial charge on any atom is 0.239 e. The molecule has 1 aliphatic heterocycles. The molecule has 0 aromatic heterocycles. The van der Waals surface area contributed by atoms with E-state index in [-0.39, 0.29) is 11.7 Å². The Morgan fingerprint density at radius 1 is 1.17 bits per heavy atom. The van der Waals surface area contributed by atoms with Crippen molar-refractivity contribution in [2.45, 2.75) is 31.7 Å². The van der Waals surface area contributed by atoms with Gasteiger partial charge in [-0.3, -0.25) is 4.79 Å². The molecule has 0 bridgehead atoms. The molecule has 1 aliphatic rings. The molecule has 0 saturated carbocycles. The number of primary amides is 1. The lowest BCUT2D eigenvalue weighted by Gasteiger charge is -2.16. The molecule has 120 valence electrons. The van der Waals surface area contributed by atoms with Crippen LogP contribution in [0.3, 0.4) is 0 Å². The summed E-state index contributed by atoms with van der Waals surface area (Å²) in [7, 11) is 0. The zero-order valence-corrected chi connectivity index (χ0v) is 13.0. The number of hydrogen-bond donors (Lipinski definition) is 2. The fourth-order valence-corrected chi connectivity index (χ4v) is 3.17. The molecule has 1 heterocycles. The molecule has 3 rings (SSSR count). The molecule has 4 heteroatoms. The van der Waals surface area contributed by atoms with Crippen molar-refractivity contribution in [2.24, 2.45) is 5.73 Å². The summed E-state index contributed by atoms with van der Waals surface area (Å²) < 4.78 is 13.2. The van der Waals surface area contributed by atoms with Gasteiger partial charge in [-0.2, -0.15) is 0 Å². The summed E-state index contributed by atoms with van der Waals surface area (Å²) in [6.07, 6.45) is 3.53. The highest BCUT2D eigenvalue weighted by atomic mass is 19.1. The number of nitrogens with one attached hydrogen (secondary N) is 1. The molecular formula is C19H21FN2O. The molecule has 1 unspecified atom stereocenters. The van der Waals surface area contributed by atoms with Crippen LogP contribution in [0, 0.1) is 5.82 Å². The molecule has 0 spiro atoms.